The molecule has 1 aromatic heterocycles. The topological polar surface area (TPSA) is 59.1 Å². The van der Waals surface area contributed by atoms with Crippen molar-refractivity contribution in [1.82, 2.24) is 10.3 Å². The van der Waals surface area contributed by atoms with Gasteiger partial charge in [0.15, 0.2) is 11.6 Å². The van der Waals surface area contributed by atoms with Crippen molar-refractivity contribution in [2.24, 2.45) is 0 Å². The Kier molecular flexibility index (Phi) is 6.89. The third-order valence-electron chi connectivity index (χ3n) is 2.78. The summed E-state index contributed by atoms with van der Waals surface area (Å²) in [7, 11) is 0. The minimum absolute atomic E-state index is 0.0948. The number of Topliss-reactive ketones (excluding diaryl/α,β-unsaturated/α-hetero) is 1. The second kappa shape index (κ2) is 8.67. The van der Waals surface area contributed by atoms with Crippen LogP contribution >= 0.6 is 0 Å². The van der Waals surface area contributed by atoms with Crippen LogP contribution in [0.25, 0.3) is 0 Å². The number of nitrogens with zero attached hydrogens (tertiary/aromatic N) is 1. The van der Waals surface area contributed by atoms with Gasteiger partial charge in [-0.25, -0.2) is 4.39 Å². The third-order valence-corrected chi connectivity index (χ3v) is 2.78. The molecule has 0 radical (unpaired) electrons. The first-order valence-corrected chi connectivity index (χ1v) is 7.05. The fourth-order valence-electron chi connectivity index (χ4n) is 1.88. The molecule has 1 aromatic carbocycles. The van der Waals surface area contributed by atoms with Gasteiger partial charge in [-0.2, -0.15) is 0 Å². The molecule has 1 amide bonds. The molecule has 0 aliphatic rings. The highest BCUT2D eigenvalue weighted by molar-refractivity contribution is 6.02. The Morgan fingerprint density at radius 2 is 1.77 bits per heavy atom. The number of benzene rings is 1. The molecule has 2 rings (SSSR count). The van der Waals surface area contributed by atoms with Gasteiger partial charge in [-0.05, 0) is 11.6 Å². The Morgan fingerprint density at radius 3 is 2.32 bits per heavy atom. The summed E-state index contributed by atoms with van der Waals surface area (Å²) in [5.41, 5.74) is 0.506. The van der Waals surface area contributed by atoms with Crippen LogP contribution in [-0.2, 0) is 4.79 Å². The molecule has 116 valence electrons. The molecule has 0 fully saturated rings. The van der Waals surface area contributed by atoms with Crippen molar-refractivity contribution in [3.63, 3.8) is 0 Å². The highest BCUT2D eigenvalue weighted by Crippen LogP contribution is 2.19. The zero-order chi connectivity index (χ0) is 16.5. The fourth-order valence-corrected chi connectivity index (χ4v) is 1.88. The molecule has 22 heavy (non-hydrogen) atoms. The van der Waals surface area contributed by atoms with Crippen LogP contribution in [-0.4, -0.2) is 16.7 Å². The van der Waals surface area contributed by atoms with E-state index in [9.17, 15) is 14.0 Å². The minimum atomic E-state index is -0.911. The quantitative estimate of drug-likeness (QED) is 0.882. The van der Waals surface area contributed by atoms with E-state index in [0.29, 0.717) is 5.56 Å². The molecule has 0 aliphatic carbocycles. The van der Waals surface area contributed by atoms with Crippen molar-refractivity contribution in [1.29, 1.82) is 0 Å². The largest absolute Gasteiger partial charge is 0.342 e. The molecule has 1 N–H and O–H groups in total. The lowest BCUT2D eigenvalue weighted by molar-refractivity contribution is -0.119. The summed E-state index contributed by atoms with van der Waals surface area (Å²) >= 11 is 0. The minimum Gasteiger partial charge on any atom is -0.342 e. The van der Waals surface area contributed by atoms with E-state index in [1.807, 2.05) is 13.8 Å². The van der Waals surface area contributed by atoms with E-state index in [-0.39, 0.29) is 11.5 Å². The van der Waals surface area contributed by atoms with Crippen molar-refractivity contribution < 1.29 is 14.0 Å². The molecule has 0 spiro atoms. The number of hydrogen-bond acceptors (Lipinski definition) is 3. The number of ketones is 1. The number of amides is 1. The Hall–Kier alpha value is -2.56. The van der Waals surface area contributed by atoms with Crippen molar-refractivity contribution in [3.8, 4) is 0 Å². The van der Waals surface area contributed by atoms with E-state index in [4.69, 9.17) is 0 Å². The van der Waals surface area contributed by atoms with E-state index in [1.54, 1.807) is 30.3 Å². The van der Waals surface area contributed by atoms with Crippen LogP contribution in [0, 0.1) is 5.82 Å². The molecule has 0 saturated heterocycles. The maximum Gasteiger partial charge on any atom is 0.217 e. The summed E-state index contributed by atoms with van der Waals surface area (Å²) < 4.78 is 13.7. The van der Waals surface area contributed by atoms with Crippen LogP contribution in [0.2, 0.25) is 0 Å². The van der Waals surface area contributed by atoms with Gasteiger partial charge >= 0.3 is 0 Å². The molecule has 1 atom stereocenters. The zero-order valence-corrected chi connectivity index (χ0v) is 12.8. The molecule has 5 heteroatoms. The first-order valence-electron chi connectivity index (χ1n) is 7.05. The van der Waals surface area contributed by atoms with E-state index >= 15 is 0 Å². The van der Waals surface area contributed by atoms with Crippen LogP contribution in [0.5, 0.6) is 0 Å². The number of halogens is 1. The highest BCUT2D eigenvalue weighted by atomic mass is 19.1. The number of aromatic nitrogens is 1. The van der Waals surface area contributed by atoms with Crippen LogP contribution in [0.4, 0.5) is 4.39 Å². The normalized spacial score (nSPS) is 10.9. The Morgan fingerprint density at radius 1 is 1.14 bits per heavy atom. The number of rotatable bonds is 4. The summed E-state index contributed by atoms with van der Waals surface area (Å²) in [6.45, 7) is 5.31. The van der Waals surface area contributed by atoms with Gasteiger partial charge in [0.1, 0.15) is 6.04 Å². The van der Waals surface area contributed by atoms with Gasteiger partial charge in [-0.15, -0.1) is 0 Å². The van der Waals surface area contributed by atoms with Crippen LogP contribution in [0.15, 0.2) is 48.8 Å². The van der Waals surface area contributed by atoms with Gasteiger partial charge in [0.2, 0.25) is 5.91 Å². The Labute approximate surface area is 129 Å². The number of carbonyl (C=O) groups is 2. The first-order chi connectivity index (χ1) is 10.6. The van der Waals surface area contributed by atoms with Crippen LogP contribution in [0.1, 0.15) is 42.7 Å². The van der Waals surface area contributed by atoms with Crippen molar-refractivity contribution in [2.75, 3.05) is 0 Å². The average Bonchev–Trinajstić information content (AvgIpc) is 2.55. The molecular formula is C17H19FN2O2. The van der Waals surface area contributed by atoms with Gasteiger partial charge in [0, 0.05) is 13.1 Å². The lowest BCUT2D eigenvalue weighted by atomic mass is 9.97. The molecule has 1 heterocycles. The van der Waals surface area contributed by atoms with Crippen molar-refractivity contribution in [3.05, 3.63) is 65.7 Å². The molecule has 1 unspecified atom stereocenters. The smallest absolute Gasteiger partial charge is 0.217 e. The summed E-state index contributed by atoms with van der Waals surface area (Å²) in [5, 5.41) is 2.55. The Balaban J connectivity index is 0.00000116. The van der Waals surface area contributed by atoms with E-state index in [1.165, 1.54) is 19.2 Å². The average molecular weight is 302 g/mol. The Bertz CT molecular complexity index is 630. The molecule has 4 nitrogen and oxygen atoms in total. The highest BCUT2D eigenvalue weighted by Gasteiger charge is 2.24. The molecule has 2 aromatic rings. The SMILES string of the molecule is CC.CC(=O)NC(C(=O)c1ccncc1F)c1ccccc1. The van der Waals surface area contributed by atoms with Gasteiger partial charge in [-0.3, -0.25) is 14.6 Å². The zero-order valence-electron chi connectivity index (χ0n) is 12.8. The summed E-state index contributed by atoms with van der Waals surface area (Å²) in [6, 6.07) is 9.10. The molecule has 0 saturated carbocycles. The number of nitrogens with one attached hydrogen (secondary N) is 1. The maximum atomic E-state index is 13.7. The maximum absolute atomic E-state index is 13.7. The van der Waals surface area contributed by atoms with E-state index in [0.717, 1.165) is 6.20 Å². The van der Waals surface area contributed by atoms with E-state index in [2.05, 4.69) is 10.3 Å². The van der Waals surface area contributed by atoms with Gasteiger partial charge in [-0.1, -0.05) is 44.2 Å². The standard InChI is InChI=1S/C15H13FN2O2.C2H6/c1-10(19)18-14(11-5-3-2-4-6-11)15(20)12-7-8-17-9-13(12)16;1-2/h2-9,14H,1H3,(H,18,19);1-2H3. The summed E-state index contributed by atoms with van der Waals surface area (Å²) in [6.07, 6.45) is 2.31. The van der Waals surface area contributed by atoms with Crippen LogP contribution in [0.3, 0.4) is 0 Å². The second-order valence-corrected chi connectivity index (χ2v) is 4.26. The summed E-state index contributed by atoms with van der Waals surface area (Å²) in [4.78, 5) is 27.3. The fraction of sp³-hybridized carbons (Fsp3) is 0.235. The third kappa shape index (κ3) is 4.48. The van der Waals surface area contributed by atoms with Gasteiger partial charge in [0.25, 0.3) is 0 Å². The predicted molar refractivity (Wildman–Crippen MR) is 82.9 cm³/mol. The number of pyridine rings is 1. The van der Waals surface area contributed by atoms with Gasteiger partial charge in [0.05, 0.1) is 11.8 Å². The predicted octanol–water partition coefficient (Wildman–Crippen LogP) is 3.31. The van der Waals surface area contributed by atoms with Crippen molar-refractivity contribution in [2.45, 2.75) is 26.8 Å². The molecule has 0 bridgehead atoms. The lowest BCUT2D eigenvalue weighted by Gasteiger charge is -2.17. The number of carbonyl (C=O) groups excluding carboxylic acids is 2. The van der Waals surface area contributed by atoms with Gasteiger partial charge < -0.3 is 5.32 Å². The number of hydrogen-bond donors (Lipinski definition) is 1. The monoisotopic (exact) mass is 302 g/mol. The second-order valence-electron chi connectivity index (χ2n) is 4.26. The van der Waals surface area contributed by atoms with Crippen LogP contribution < -0.4 is 5.32 Å². The lowest BCUT2D eigenvalue weighted by Crippen LogP contribution is -2.32. The molecular weight excluding hydrogens is 283 g/mol. The first kappa shape index (κ1) is 17.5. The molecule has 0 aliphatic heterocycles. The van der Waals surface area contributed by atoms with E-state index < -0.39 is 17.6 Å². The summed E-state index contributed by atoms with van der Waals surface area (Å²) in [5.74, 6) is -1.57. The van der Waals surface area contributed by atoms with Crippen molar-refractivity contribution >= 4 is 11.7 Å².